The molecule has 4 rings (SSSR count). The summed E-state index contributed by atoms with van der Waals surface area (Å²) in [5.41, 5.74) is 0.617. The topological polar surface area (TPSA) is 36.4 Å². The minimum atomic E-state index is -4.40. The average molecular weight is 406 g/mol. The third kappa shape index (κ3) is 4.21. The van der Waals surface area contributed by atoms with E-state index in [4.69, 9.17) is 4.98 Å². The molecule has 1 unspecified atom stereocenters. The van der Waals surface area contributed by atoms with Crippen molar-refractivity contribution in [2.75, 3.05) is 19.6 Å². The van der Waals surface area contributed by atoms with Crippen LogP contribution in [0, 0.1) is 0 Å². The maximum absolute atomic E-state index is 12.9. The lowest BCUT2D eigenvalue weighted by Gasteiger charge is -2.32. The van der Waals surface area contributed by atoms with Crippen LogP contribution in [0.15, 0.2) is 48.5 Å². The van der Waals surface area contributed by atoms with Gasteiger partial charge in [-0.1, -0.05) is 24.3 Å². The number of aliphatic hydroxyl groups is 1. The number of rotatable bonds is 4. The van der Waals surface area contributed by atoms with Crippen LogP contribution in [-0.4, -0.2) is 34.6 Å². The number of fused-ring (bicyclic) bond motifs is 1. The van der Waals surface area contributed by atoms with Gasteiger partial charge in [-0.15, -0.1) is 11.3 Å². The van der Waals surface area contributed by atoms with Crippen molar-refractivity contribution in [3.05, 3.63) is 64.7 Å². The summed E-state index contributed by atoms with van der Waals surface area (Å²) in [4.78, 5) is 6.87. The van der Waals surface area contributed by atoms with E-state index < -0.39 is 17.8 Å². The van der Waals surface area contributed by atoms with E-state index in [-0.39, 0.29) is 0 Å². The zero-order chi connectivity index (χ0) is 19.7. The van der Waals surface area contributed by atoms with E-state index in [0.717, 1.165) is 48.6 Å². The van der Waals surface area contributed by atoms with E-state index in [1.54, 1.807) is 17.4 Å². The fourth-order valence-corrected chi connectivity index (χ4v) is 4.84. The highest BCUT2D eigenvalue weighted by molar-refractivity contribution is 7.18. The molecule has 3 aromatic rings. The van der Waals surface area contributed by atoms with E-state index >= 15 is 0 Å². The van der Waals surface area contributed by atoms with E-state index in [1.807, 2.05) is 18.2 Å². The van der Waals surface area contributed by atoms with Gasteiger partial charge in [0.25, 0.3) is 0 Å². The van der Waals surface area contributed by atoms with Crippen molar-refractivity contribution < 1.29 is 18.3 Å². The first-order valence-corrected chi connectivity index (χ1v) is 10.1. The van der Waals surface area contributed by atoms with Crippen molar-refractivity contribution in [3.63, 3.8) is 0 Å². The normalized spacial score (nSPS) is 17.9. The van der Waals surface area contributed by atoms with Gasteiger partial charge in [0, 0.05) is 12.5 Å². The Bertz CT molecular complexity index is 915. The zero-order valence-electron chi connectivity index (χ0n) is 15.2. The monoisotopic (exact) mass is 406 g/mol. The predicted octanol–water partition coefficient (Wildman–Crippen LogP) is 5.23. The Morgan fingerprint density at radius 2 is 1.86 bits per heavy atom. The molecule has 1 aliphatic rings. The highest BCUT2D eigenvalue weighted by Crippen LogP contribution is 2.35. The molecule has 1 saturated heterocycles. The number of alkyl halides is 3. The third-order valence-electron chi connectivity index (χ3n) is 5.28. The van der Waals surface area contributed by atoms with Crippen molar-refractivity contribution in [3.8, 4) is 0 Å². The average Bonchev–Trinajstić information content (AvgIpc) is 3.12. The minimum Gasteiger partial charge on any atom is -0.387 e. The maximum Gasteiger partial charge on any atom is 0.416 e. The first-order valence-electron chi connectivity index (χ1n) is 9.33. The van der Waals surface area contributed by atoms with Crippen molar-refractivity contribution in [1.29, 1.82) is 0 Å². The lowest BCUT2D eigenvalue weighted by molar-refractivity contribution is -0.137. The van der Waals surface area contributed by atoms with E-state index in [0.29, 0.717) is 18.0 Å². The predicted molar refractivity (Wildman–Crippen MR) is 104 cm³/mol. The number of para-hydroxylation sites is 1. The Hall–Kier alpha value is -1.96. The molecular weight excluding hydrogens is 385 g/mol. The number of hydrogen-bond acceptors (Lipinski definition) is 4. The van der Waals surface area contributed by atoms with E-state index in [2.05, 4.69) is 11.0 Å². The van der Waals surface area contributed by atoms with Gasteiger partial charge in [-0.3, -0.25) is 0 Å². The summed E-state index contributed by atoms with van der Waals surface area (Å²) in [6.45, 7) is 1.95. The molecule has 1 aliphatic heterocycles. The summed E-state index contributed by atoms with van der Waals surface area (Å²) in [7, 11) is 0. The summed E-state index contributed by atoms with van der Waals surface area (Å²) >= 11 is 1.73. The van der Waals surface area contributed by atoms with Gasteiger partial charge in [-0.05, 0) is 55.8 Å². The number of aliphatic hydroxyl groups excluding tert-OH is 1. The van der Waals surface area contributed by atoms with Gasteiger partial charge in [0.15, 0.2) is 0 Å². The first kappa shape index (κ1) is 19.4. The number of hydrogen-bond donors (Lipinski definition) is 1. The Kier molecular flexibility index (Phi) is 5.40. The number of aromatic nitrogens is 1. The molecule has 7 heteroatoms. The molecule has 2 aromatic carbocycles. The quantitative estimate of drug-likeness (QED) is 0.645. The second-order valence-corrected chi connectivity index (χ2v) is 8.30. The molecule has 28 heavy (non-hydrogen) atoms. The number of β-amino-alcohol motifs (C(OH)–C–C–N with tert-alkyl or cyclic N) is 1. The SMILES string of the molecule is OC(CN1CCC(c2nc3ccccc3s2)CC1)c1cccc(C(F)(F)F)c1. The van der Waals surface area contributed by atoms with E-state index in [9.17, 15) is 18.3 Å². The number of piperidine rings is 1. The van der Waals surface area contributed by atoms with Crippen molar-refractivity contribution >= 4 is 21.6 Å². The number of nitrogens with zero attached hydrogens (tertiary/aromatic N) is 2. The smallest absolute Gasteiger partial charge is 0.387 e. The van der Waals surface area contributed by atoms with Crippen LogP contribution >= 0.6 is 11.3 Å². The Balaban J connectivity index is 1.36. The summed E-state index contributed by atoms with van der Waals surface area (Å²) in [5, 5.41) is 11.6. The Morgan fingerprint density at radius 1 is 1.11 bits per heavy atom. The summed E-state index contributed by atoms with van der Waals surface area (Å²) in [6, 6.07) is 13.1. The number of likely N-dealkylation sites (tertiary alicyclic amines) is 1. The Labute approximate surface area is 165 Å². The fourth-order valence-electron chi connectivity index (χ4n) is 3.70. The van der Waals surface area contributed by atoms with Gasteiger partial charge in [0.1, 0.15) is 0 Å². The van der Waals surface area contributed by atoms with Crippen LogP contribution in [0.5, 0.6) is 0 Å². The summed E-state index contributed by atoms with van der Waals surface area (Å²) < 4.78 is 39.8. The van der Waals surface area contributed by atoms with Gasteiger partial charge in [-0.2, -0.15) is 13.2 Å². The van der Waals surface area contributed by atoms with Crippen LogP contribution in [0.1, 0.15) is 41.0 Å². The highest BCUT2D eigenvalue weighted by Gasteiger charge is 2.31. The lowest BCUT2D eigenvalue weighted by atomic mass is 9.96. The Morgan fingerprint density at radius 3 is 2.57 bits per heavy atom. The second kappa shape index (κ2) is 7.81. The molecule has 1 atom stereocenters. The minimum absolute atomic E-state index is 0.308. The van der Waals surface area contributed by atoms with Crippen LogP contribution in [0.25, 0.3) is 10.2 Å². The second-order valence-electron chi connectivity index (χ2n) is 7.23. The molecule has 0 amide bonds. The molecule has 2 heterocycles. The first-order chi connectivity index (χ1) is 13.4. The lowest BCUT2D eigenvalue weighted by Crippen LogP contribution is -2.36. The molecule has 3 nitrogen and oxygen atoms in total. The van der Waals surface area contributed by atoms with Crippen LogP contribution in [0.4, 0.5) is 13.2 Å². The van der Waals surface area contributed by atoms with Crippen LogP contribution in [-0.2, 0) is 6.18 Å². The van der Waals surface area contributed by atoms with Crippen LogP contribution in [0.2, 0.25) is 0 Å². The third-order valence-corrected chi connectivity index (χ3v) is 6.48. The molecular formula is C21H21F3N2OS. The largest absolute Gasteiger partial charge is 0.416 e. The van der Waals surface area contributed by atoms with Gasteiger partial charge < -0.3 is 10.0 Å². The van der Waals surface area contributed by atoms with Crippen molar-refractivity contribution in [2.45, 2.75) is 31.0 Å². The van der Waals surface area contributed by atoms with Crippen LogP contribution < -0.4 is 0 Å². The van der Waals surface area contributed by atoms with Gasteiger partial charge in [0.2, 0.25) is 0 Å². The molecule has 148 valence electrons. The molecule has 1 N–H and O–H groups in total. The van der Waals surface area contributed by atoms with Crippen molar-refractivity contribution in [1.82, 2.24) is 9.88 Å². The van der Waals surface area contributed by atoms with Gasteiger partial charge >= 0.3 is 6.18 Å². The van der Waals surface area contributed by atoms with Crippen molar-refractivity contribution in [2.24, 2.45) is 0 Å². The van der Waals surface area contributed by atoms with E-state index in [1.165, 1.54) is 10.8 Å². The molecule has 0 bridgehead atoms. The molecule has 0 saturated carbocycles. The van der Waals surface area contributed by atoms with Gasteiger partial charge in [-0.25, -0.2) is 4.98 Å². The number of thiazole rings is 1. The molecule has 0 spiro atoms. The zero-order valence-corrected chi connectivity index (χ0v) is 16.0. The maximum atomic E-state index is 12.9. The fraction of sp³-hybridized carbons (Fsp3) is 0.381. The highest BCUT2D eigenvalue weighted by atomic mass is 32.1. The number of benzene rings is 2. The summed E-state index contributed by atoms with van der Waals surface area (Å²) in [5.74, 6) is 0.402. The summed E-state index contributed by atoms with van der Waals surface area (Å²) in [6.07, 6.45) is -3.45. The molecule has 0 aliphatic carbocycles. The molecule has 1 aromatic heterocycles. The standard InChI is InChI=1S/C21H21F3N2OS/c22-21(23,24)16-5-3-4-15(12-16)18(27)13-26-10-8-14(9-11-26)20-25-17-6-1-2-7-19(17)28-20/h1-7,12,14,18,27H,8-11,13H2. The van der Waals surface area contributed by atoms with Gasteiger partial charge in [0.05, 0.1) is 26.9 Å². The van der Waals surface area contributed by atoms with Crippen LogP contribution in [0.3, 0.4) is 0 Å². The molecule has 0 radical (unpaired) electrons. The number of halogens is 3. The molecule has 1 fully saturated rings.